The Hall–Kier alpha value is -2.97. The maximum Gasteiger partial charge on any atom is 0.306 e. The molecular formula is C45H77NO7. The van der Waals surface area contributed by atoms with Crippen molar-refractivity contribution >= 4 is 17.9 Å². The molecule has 0 aromatic heterocycles. The van der Waals surface area contributed by atoms with Gasteiger partial charge in [0.1, 0.15) is 12.6 Å². The Morgan fingerprint density at radius 3 is 1.57 bits per heavy atom. The number of allylic oxidation sites excluding steroid dienone is 10. The Kier molecular flexibility index (Phi) is 34.0. The number of carbonyl (C=O) groups is 3. The fourth-order valence-electron chi connectivity index (χ4n) is 5.80. The lowest BCUT2D eigenvalue weighted by Gasteiger charge is -2.34. The zero-order valence-corrected chi connectivity index (χ0v) is 34.4. The molecule has 8 nitrogen and oxygen atoms in total. The molecule has 0 rings (SSSR count). The third-order valence-corrected chi connectivity index (χ3v) is 9.05. The fraction of sp³-hybridized carbons (Fsp3) is 0.711. The molecule has 0 bridgehead atoms. The first-order valence-corrected chi connectivity index (χ1v) is 20.9. The van der Waals surface area contributed by atoms with Gasteiger partial charge < -0.3 is 28.6 Å². The largest absolute Gasteiger partial charge is 0.544 e. The first kappa shape index (κ1) is 50.0. The van der Waals surface area contributed by atoms with E-state index < -0.39 is 18.1 Å². The molecule has 0 saturated heterocycles. The van der Waals surface area contributed by atoms with Crippen LogP contribution in [0.4, 0.5) is 0 Å². The van der Waals surface area contributed by atoms with E-state index in [1.807, 2.05) is 48.6 Å². The van der Waals surface area contributed by atoms with Gasteiger partial charge in [0.05, 0.1) is 40.3 Å². The van der Waals surface area contributed by atoms with Crippen molar-refractivity contribution in [3.63, 3.8) is 0 Å². The lowest BCUT2D eigenvalue weighted by molar-refractivity contribution is -0.889. The molecule has 0 heterocycles. The second-order valence-corrected chi connectivity index (χ2v) is 15.0. The Labute approximate surface area is 324 Å². The molecule has 0 N–H and O–H groups in total. The van der Waals surface area contributed by atoms with Crippen molar-refractivity contribution in [2.24, 2.45) is 0 Å². The van der Waals surface area contributed by atoms with Crippen LogP contribution in [-0.2, 0) is 28.6 Å². The second-order valence-electron chi connectivity index (χ2n) is 15.0. The van der Waals surface area contributed by atoms with Crippen LogP contribution in [0.25, 0.3) is 0 Å². The van der Waals surface area contributed by atoms with Crippen LogP contribution in [0.15, 0.2) is 60.8 Å². The molecule has 0 amide bonds. The highest BCUT2D eigenvalue weighted by molar-refractivity contribution is 5.70. The lowest BCUT2D eigenvalue weighted by atomic mass is 10.0. The van der Waals surface area contributed by atoms with Crippen molar-refractivity contribution in [2.45, 2.75) is 167 Å². The van der Waals surface area contributed by atoms with Crippen LogP contribution >= 0.6 is 0 Å². The molecule has 0 aromatic carbocycles. The molecule has 2 unspecified atom stereocenters. The number of unbranched alkanes of at least 4 members (excludes halogenated alkanes) is 16. The summed E-state index contributed by atoms with van der Waals surface area (Å²) in [6.45, 7) is 4.46. The van der Waals surface area contributed by atoms with E-state index in [0.29, 0.717) is 12.8 Å². The van der Waals surface area contributed by atoms with Crippen LogP contribution in [0.1, 0.15) is 155 Å². The summed E-state index contributed by atoms with van der Waals surface area (Å²) in [6, 6.07) is -0.733. The van der Waals surface area contributed by atoms with Crippen molar-refractivity contribution in [1.82, 2.24) is 0 Å². The van der Waals surface area contributed by atoms with E-state index in [9.17, 15) is 19.5 Å². The van der Waals surface area contributed by atoms with Crippen LogP contribution in [0.3, 0.4) is 0 Å². The van der Waals surface area contributed by atoms with E-state index in [-0.39, 0.29) is 42.7 Å². The number of hydrogen-bond donors (Lipinski definition) is 0. The second kappa shape index (κ2) is 36.0. The summed E-state index contributed by atoms with van der Waals surface area (Å²) < 4.78 is 17.1. The first-order chi connectivity index (χ1) is 25.6. The van der Waals surface area contributed by atoms with Crippen LogP contribution in [0.5, 0.6) is 0 Å². The van der Waals surface area contributed by atoms with Gasteiger partial charge in [-0.2, -0.15) is 0 Å². The van der Waals surface area contributed by atoms with E-state index in [4.69, 9.17) is 14.2 Å². The van der Waals surface area contributed by atoms with E-state index in [0.717, 1.165) is 51.4 Å². The third-order valence-electron chi connectivity index (χ3n) is 9.05. The maximum atomic E-state index is 12.7. The Balaban J connectivity index is 4.46. The quantitative estimate of drug-likeness (QED) is 0.0273. The van der Waals surface area contributed by atoms with Crippen molar-refractivity contribution < 1.29 is 38.2 Å². The number of carboxylic acids is 1. The van der Waals surface area contributed by atoms with Crippen LogP contribution in [0, 0.1) is 0 Å². The lowest BCUT2D eigenvalue weighted by Crippen LogP contribution is -2.55. The van der Waals surface area contributed by atoms with E-state index in [1.54, 1.807) is 21.1 Å². The van der Waals surface area contributed by atoms with Crippen LogP contribution in [-0.4, -0.2) is 75.5 Å². The van der Waals surface area contributed by atoms with Gasteiger partial charge in [0.2, 0.25) is 0 Å². The Morgan fingerprint density at radius 2 is 1.06 bits per heavy atom. The van der Waals surface area contributed by atoms with Crippen molar-refractivity contribution in [3.8, 4) is 0 Å². The van der Waals surface area contributed by atoms with Gasteiger partial charge >= 0.3 is 11.9 Å². The highest BCUT2D eigenvalue weighted by Gasteiger charge is 2.25. The van der Waals surface area contributed by atoms with Crippen LogP contribution in [0.2, 0.25) is 0 Å². The van der Waals surface area contributed by atoms with Gasteiger partial charge in [-0.3, -0.25) is 9.59 Å². The number of carboxylic acid groups (broad SMARTS) is 1. The molecule has 53 heavy (non-hydrogen) atoms. The van der Waals surface area contributed by atoms with Gasteiger partial charge in [-0.15, -0.1) is 0 Å². The molecule has 0 aromatic rings. The zero-order valence-electron chi connectivity index (χ0n) is 34.4. The Morgan fingerprint density at radius 1 is 0.585 bits per heavy atom. The topological polar surface area (TPSA) is 102 Å². The van der Waals surface area contributed by atoms with Gasteiger partial charge in [-0.1, -0.05) is 164 Å². The van der Waals surface area contributed by atoms with Crippen molar-refractivity contribution in [1.29, 1.82) is 0 Å². The Bertz CT molecular complexity index is 1050. The maximum absolute atomic E-state index is 12.7. The number of ether oxygens (including phenoxy) is 3. The van der Waals surface area contributed by atoms with Crippen molar-refractivity contribution in [2.75, 3.05) is 41.0 Å². The molecule has 0 fully saturated rings. The summed E-state index contributed by atoms with van der Waals surface area (Å²) in [6.07, 6.45) is 42.4. The standard InChI is InChI=1S/C45H77NO7/c1-6-8-10-12-14-16-18-20-22-24-25-27-29-31-33-35-43(47)52-40-41(39-51-38-37-42(45(49)50)46(3,4)5)53-44(48)36-34-32-30-28-26-23-21-19-17-15-13-11-9-7-2/h8,10,12,14,16,18,20,22,24-25,41-42H,6-7,9,11,13,15,17,19,21,23,26-40H2,1-5H3/b10-8+,14-12+,18-16+,22-20+,25-24+. The summed E-state index contributed by atoms with van der Waals surface area (Å²) in [5, 5.41) is 11.6. The molecule has 0 aliphatic carbocycles. The van der Waals surface area contributed by atoms with Gasteiger partial charge in [0.15, 0.2) is 6.10 Å². The zero-order chi connectivity index (χ0) is 39.3. The summed E-state index contributed by atoms with van der Waals surface area (Å²) >= 11 is 0. The summed E-state index contributed by atoms with van der Waals surface area (Å²) in [5.41, 5.74) is 0. The molecule has 0 saturated carbocycles. The number of likely N-dealkylation sites (N-methyl/N-ethyl adjacent to an activating group) is 1. The average molecular weight is 744 g/mol. The number of nitrogens with zero attached hydrogens (tertiary/aromatic N) is 1. The minimum absolute atomic E-state index is 0.0260. The molecule has 8 heteroatoms. The smallest absolute Gasteiger partial charge is 0.306 e. The van der Waals surface area contributed by atoms with Crippen molar-refractivity contribution in [3.05, 3.63) is 60.8 Å². The molecular weight excluding hydrogens is 666 g/mol. The molecule has 0 aliphatic rings. The first-order valence-electron chi connectivity index (χ1n) is 20.9. The van der Waals surface area contributed by atoms with Gasteiger partial charge in [-0.25, -0.2) is 0 Å². The molecule has 0 spiro atoms. The number of quaternary nitrogens is 1. The van der Waals surface area contributed by atoms with E-state index in [2.05, 4.69) is 26.0 Å². The third kappa shape index (κ3) is 34.5. The molecule has 304 valence electrons. The van der Waals surface area contributed by atoms with Gasteiger partial charge in [0, 0.05) is 19.3 Å². The minimum Gasteiger partial charge on any atom is -0.544 e. The predicted molar refractivity (Wildman–Crippen MR) is 217 cm³/mol. The predicted octanol–water partition coefficient (Wildman–Crippen LogP) is 9.69. The number of hydrogen-bond acceptors (Lipinski definition) is 7. The SMILES string of the molecule is CC/C=C/C=C/C=C/C=C/C=C/CCCCCC(=O)OCC(COCCC(C(=O)[O-])[N+](C)(C)C)OC(=O)CCCCCCCCCCCCCCCC. The summed E-state index contributed by atoms with van der Waals surface area (Å²) in [4.78, 5) is 36.8. The fourth-order valence-corrected chi connectivity index (χ4v) is 5.80. The monoisotopic (exact) mass is 744 g/mol. The number of esters is 2. The highest BCUT2D eigenvalue weighted by Crippen LogP contribution is 2.14. The highest BCUT2D eigenvalue weighted by atomic mass is 16.6. The molecule has 0 aliphatic heterocycles. The van der Waals surface area contributed by atoms with Crippen LogP contribution < -0.4 is 5.11 Å². The van der Waals surface area contributed by atoms with Gasteiger partial charge in [-0.05, 0) is 32.1 Å². The number of carbonyl (C=O) groups excluding carboxylic acids is 3. The molecule has 2 atom stereocenters. The van der Waals surface area contributed by atoms with Gasteiger partial charge in [0.25, 0.3) is 0 Å². The number of aliphatic carboxylic acids is 1. The minimum atomic E-state index is -1.13. The normalized spacial score (nSPS) is 13.6. The summed E-state index contributed by atoms with van der Waals surface area (Å²) in [7, 11) is 5.38. The van der Waals surface area contributed by atoms with E-state index in [1.165, 1.54) is 70.6 Å². The summed E-state index contributed by atoms with van der Waals surface area (Å²) in [5.74, 6) is -1.79. The number of rotatable bonds is 36. The average Bonchev–Trinajstić information content (AvgIpc) is 3.11. The molecule has 0 radical (unpaired) electrons. The van der Waals surface area contributed by atoms with E-state index >= 15 is 0 Å².